The smallest absolute Gasteiger partial charge is 0.325 e. The van der Waals surface area contributed by atoms with Crippen LogP contribution in [0.1, 0.15) is 0 Å². The summed E-state index contributed by atoms with van der Waals surface area (Å²) >= 11 is 0. The van der Waals surface area contributed by atoms with Crippen LogP contribution < -0.4 is 21.1 Å². The third-order valence-electron chi connectivity index (χ3n) is 3.98. The first-order valence-corrected chi connectivity index (χ1v) is 8.61. The molecule has 0 atom stereocenters. The van der Waals surface area contributed by atoms with Crippen molar-refractivity contribution in [1.82, 2.24) is 15.0 Å². The number of carbonyl (C=O) groups is 1. The number of anilines is 2. The van der Waals surface area contributed by atoms with Gasteiger partial charge in [-0.2, -0.15) is 0 Å². The molecule has 2 heterocycles. The lowest BCUT2D eigenvalue weighted by Crippen LogP contribution is -2.21. The molecule has 0 aliphatic carbocycles. The van der Waals surface area contributed by atoms with Gasteiger partial charge in [0.25, 0.3) is 0 Å². The summed E-state index contributed by atoms with van der Waals surface area (Å²) in [6.45, 7) is 0.144. The molecule has 4 N–H and O–H groups in total. The molecule has 0 aliphatic heterocycles. The van der Waals surface area contributed by atoms with Gasteiger partial charge in [0.15, 0.2) is 11.4 Å². The lowest BCUT2D eigenvalue weighted by molar-refractivity contribution is -0.114. The summed E-state index contributed by atoms with van der Waals surface area (Å²) < 4.78 is 5.83. The highest BCUT2D eigenvalue weighted by atomic mass is 16.5. The normalized spacial score (nSPS) is 10.6. The van der Waals surface area contributed by atoms with Crippen molar-refractivity contribution >= 4 is 28.4 Å². The number of nitrogens with zero attached hydrogens (tertiary/aromatic N) is 1. The number of fused-ring (bicyclic) bond motifs is 1. The molecule has 0 aliphatic rings. The maximum atomic E-state index is 12.0. The first kappa shape index (κ1) is 17.3. The number of H-pyrrole nitrogens is 2. The number of benzene rings is 2. The fraction of sp³-hybridized carbons (Fsp3) is 0.0500. The Bertz CT molecular complexity index is 1150. The minimum Gasteiger partial charge on any atom is -0.455 e. The Kier molecular flexibility index (Phi) is 4.75. The molecular formula is C20H17N5O3. The molecule has 4 rings (SSSR count). The molecule has 28 heavy (non-hydrogen) atoms. The molecule has 1 amide bonds. The molecule has 0 spiro atoms. The molecule has 0 bridgehead atoms. The molecule has 0 fully saturated rings. The summed E-state index contributed by atoms with van der Waals surface area (Å²) in [4.78, 5) is 32.7. The summed E-state index contributed by atoms with van der Waals surface area (Å²) in [5, 5.41) is 5.87. The van der Waals surface area contributed by atoms with Gasteiger partial charge in [-0.3, -0.25) is 9.78 Å². The zero-order chi connectivity index (χ0) is 19.3. The molecule has 8 nitrogen and oxygen atoms in total. The van der Waals surface area contributed by atoms with Gasteiger partial charge in [0, 0.05) is 23.6 Å². The fourth-order valence-corrected chi connectivity index (χ4v) is 2.67. The Morgan fingerprint density at radius 3 is 2.54 bits per heavy atom. The van der Waals surface area contributed by atoms with Crippen LogP contribution in [0.15, 0.2) is 71.7 Å². The molecule has 2 aromatic heterocycles. The molecule has 0 radical (unpaired) electrons. The zero-order valence-electron chi connectivity index (χ0n) is 14.7. The van der Waals surface area contributed by atoms with Gasteiger partial charge in [-0.05, 0) is 36.4 Å². The van der Waals surface area contributed by atoms with Gasteiger partial charge in [-0.15, -0.1) is 0 Å². The summed E-state index contributed by atoms with van der Waals surface area (Å²) in [6.07, 6.45) is 1.56. The Hall–Kier alpha value is -4.07. The maximum absolute atomic E-state index is 12.0. The largest absolute Gasteiger partial charge is 0.455 e. The number of carbonyl (C=O) groups excluding carboxylic acids is 1. The van der Waals surface area contributed by atoms with Gasteiger partial charge in [0.1, 0.15) is 11.3 Å². The van der Waals surface area contributed by atoms with E-state index in [4.69, 9.17) is 4.74 Å². The summed E-state index contributed by atoms with van der Waals surface area (Å²) in [5.74, 6) is 0.947. The van der Waals surface area contributed by atoms with Crippen LogP contribution in [0.5, 0.6) is 11.5 Å². The van der Waals surface area contributed by atoms with Crippen LogP contribution in [0, 0.1) is 0 Å². The van der Waals surface area contributed by atoms with E-state index in [-0.39, 0.29) is 18.1 Å². The van der Waals surface area contributed by atoms with Crippen molar-refractivity contribution in [2.75, 3.05) is 17.2 Å². The lowest BCUT2D eigenvalue weighted by atomic mass is 10.3. The first-order chi connectivity index (χ1) is 13.7. The van der Waals surface area contributed by atoms with E-state index in [1.54, 1.807) is 24.4 Å². The monoisotopic (exact) mass is 375 g/mol. The third kappa shape index (κ3) is 4.01. The van der Waals surface area contributed by atoms with Crippen molar-refractivity contribution in [3.05, 3.63) is 77.3 Å². The lowest BCUT2D eigenvalue weighted by Gasteiger charge is -2.09. The average molecular weight is 375 g/mol. The number of rotatable bonds is 6. The Balaban J connectivity index is 1.37. The highest BCUT2D eigenvalue weighted by Gasteiger charge is 2.08. The quantitative estimate of drug-likeness (QED) is 0.414. The minimum absolute atomic E-state index is 0.137. The van der Waals surface area contributed by atoms with Crippen LogP contribution in [0.25, 0.3) is 11.2 Å². The van der Waals surface area contributed by atoms with Gasteiger partial charge in [-0.1, -0.05) is 18.2 Å². The van der Waals surface area contributed by atoms with Crippen molar-refractivity contribution in [2.45, 2.75) is 0 Å². The highest BCUT2D eigenvalue weighted by molar-refractivity contribution is 5.93. The van der Waals surface area contributed by atoms with Crippen LogP contribution in [0.2, 0.25) is 0 Å². The predicted molar refractivity (Wildman–Crippen MR) is 107 cm³/mol. The number of pyridine rings is 1. The van der Waals surface area contributed by atoms with Crippen LogP contribution in [-0.2, 0) is 4.79 Å². The van der Waals surface area contributed by atoms with Gasteiger partial charge in [-0.25, -0.2) is 9.78 Å². The Labute approximate surface area is 159 Å². The number of para-hydroxylation sites is 1. The predicted octanol–water partition coefficient (Wildman–Crippen LogP) is 3.09. The number of hydrogen-bond donors (Lipinski definition) is 4. The maximum Gasteiger partial charge on any atom is 0.325 e. The molecule has 4 aromatic rings. The topological polar surface area (TPSA) is 112 Å². The molecule has 0 unspecified atom stereocenters. The van der Waals surface area contributed by atoms with Crippen molar-refractivity contribution in [1.29, 1.82) is 0 Å². The molecule has 2 aromatic carbocycles. The van der Waals surface area contributed by atoms with Crippen molar-refractivity contribution < 1.29 is 9.53 Å². The van der Waals surface area contributed by atoms with Crippen LogP contribution >= 0.6 is 0 Å². The highest BCUT2D eigenvalue weighted by Crippen LogP contribution is 2.26. The van der Waals surface area contributed by atoms with Crippen molar-refractivity contribution in [2.24, 2.45) is 0 Å². The number of amides is 1. The zero-order valence-corrected chi connectivity index (χ0v) is 14.7. The van der Waals surface area contributed by atoms with E-state index >= 15 is 0 Å². The number of imidazole rings is 1. The molecule has 0 saturated heterocycles. The Morgan fingerprint density at radius 1 is 0.964 bits per heavy atom. The van der Waals surface area contributed by atoms with E-state index in [0.717, 1.165) is 11.4 Å². The second kappa shape index (κ2) is 7.67. The first-order valence-electron chi connectivity index (χ1n) is 8.61. The summed E-state index contributed by atoms with van der Waals surface area (Å²) in [6, 6.07) is 18.1. The summed E-state index contributed by atoms with van der Waals surface area (Å²) in [5.41, 5.74) is 2.14. The molecule has 0 saturated carbocycles. The molecule has 8 heteroatoms. The fourth-order valence-electron chi connectivity index (χ4n) is 2.67. The molecule has 140 valence electrons. The van der Waals surface area contributed by atoms with Gasteiger partial charge in [0.2, 0.25) is 5.91 Å². The van der Waals surface area contributed by atoms with Crippen molar-refractivity contribution in [3.8, 4) is 11.5 Å². The van der Waals surface area contributed by atoms with E-state index in [1.807, 2.05) is 42.5 Å². The molecular weight excluding hydrogens is 358 g/mol. The second-order valence-corrected chi connectivity index (χ2v) is 6.01. The van der Waals surface area contributed by atoms with E-state index in [9.17, 15) is 9.59 Å². The Morgan fingerprint density at radius 2 is 1.75 bits per heavy atom. The minimum atomic E-state index is -0.341. The van der Waals surface area contributed by atoms with E-state index < -0.39 is 0 Å². The number of ether oxygens (including phenoxy) is 1. The number of hydrogen-bond acceptors (Lipinski definition) is 5. The summed E-state index contributed by atoms with van der Waals surface area (Å²) in [7, 11) is 0. The van der Waals surface area contributed by atoms with Crippen LogP contribution in [0.3, 0.4) is 0 Å². The standard InChI is InChI=1S/C20H17N5O3/c26-17(23-14-4-2-1-3-5-14)12-22-13-6-8-15(9-7-13)28-16-10-11-21-19-18(16)24-20(27)25-19/h1-11,22H,12H2,(H,23,26)(H2,21,24,25,27). The van der Waals surface area contributed by atoms with Crippen LogP contribution in [-0.4, -0.2) is 27.4 Å². The number of nitrogens with one attached hydrogen (secondary N) is 4. The number of aromatic amines is 2. The van der Waals surface area contributed by atoms with E-state index in [0.29, 0.717) is 22.7 Å². The second-order valence-electron chi connectivity index (χ2n) is 6.01. The van der Waals surface area contributed by atoms with Gasteiger partial charge in [0.05, 0.1) is 6.54 Å². The van der Waals surface area contributed by atoms with Gasteiger partial charge < -0.3 is 20.4 Å². The van der Waals surface area contributed by atoms with E-state index in [2.05, 4.69) is 25.6 Å². The number of aromatic nitrogens is 3. The average Bonchev–Trinajstić information content (AvgIpc) is 3.09. The van der Waals surface area contributed by atoms with E-state index in [1.165, 1.54) is 0 Å². The SMILES string of the molecule is O=C(CNc1ccc(Oc2ccnc3[nH]c(=O)[nH]c23)cc1)Nc1ccccc1. The van der Waals surface area contributed by atoms with Gasteiger partial charge >= 0.3 is 5.69 Å². The third-order valence-corrected chi connectivity index (χ3v) is 3.98. The van der Waals surface area contributed by atoms with Crippen molar-refractivity contribution in [3.63, 3.8) is 0 Å². The van der Waals surface area contributed by atoms with Crippen LogP contribution in [0.4, 0.5) is 11.4 Å².